The van der Waals surface area contributed by atoms with Crippen LogP contribution in [0.25, 0.3) is 0 Å². The number of thioether (sulfide) groups is 1. The van der Waals surface area contributed by atoms with Crippen LogP contribution in [0, 0.1) is 6.92 Å². The van der Waals surface area contributed by atoms with E-state index >= 15 is 0 Å². The number of aryl methyl sites for hydroxylation is 1. The second-order valence-electron chi connectivity index (χ2n) is 6.33. The van der Waals surface area contributed by atoms with Crippen LogP contribution < -0.4 is 10.6 Å². The molecular formula is C22H23N3OS. The second kappa shape index (κ2) is 9.24. The third-order valence-corrected chi connectivity index (χ3v) is 5.23. The molecule has 1 heterocycles. The molecule has 138 valence electrons. The number of anilines is 1. The molecule has 0 radical (unpaired) electrons. The lowest BCUT2D eigenvalue weighted by molar-refractivity contribution is 0.249. The van der Waals surface area contributed by atoms with Crippen LogP contribution in [0.2, 0.25) is 0 Å². The summed E-state index contributed by atoms with van der Waals surface area (Å²) in [5, 5.41) is 6.91. The van der Waals surface area contributed by atoms with Crippen molar-refractivity contribution < 1.29 is 4.79 Å². The Labute approximate surface area is 164 Å². The fraction of sp³-hybridized carbons (Fsp3) is 0.182. The Bertz CT molecular complexity index is 899. The van der Waals surface area contributed by atoms with Gasteiger partial charge < -0.3 is 10.6 Å². The summed E-state index contributed by atoms with van der Waals surface area (Å²) in [7, 11) is 0. The van der Waals surface area contributed by atoms with Crippen LogP contribution >= 0.6 is 11.8 Å². The van der Waals surface area contributed by atoms with Crippen molar-refractivity contribution in [2.24, 2.45) is 0 Å². The van der Waals surface area contributed by atoms with Crippen molar-refractivity contribution in [2.45, 2.75) is 30.7 Å². The zero-order valence-electron chi connectivity index (χ0n) is 15.5. The number of carbonyl (C=O) groups is 1. The average molecular weight is 378 g/mol. The molecule has 1 atom stereocenters. The van der Waals surface area contributed by atoms with E-state index in [2.05, 4.69) is 21.7 Å². The minimum atomic E-state index is -0.208. The molecule has 0 bridgehead atoms. The van der Waals surface area contributed by atoms with Gasteiger partial charge in [0.25, 0.3) is 0 Å². The molecular weight excluding hydrogens is 354 g/mol. The molecule has 0 aliphatic rings. The number of urea groups is 1. The van der Waals surface area contributed by atoms with Crippen LogP contribution in [0.5, 0.6) is 0 Å². The highest BCUT2D eigenvalue weighted by molar-refractivity contribution is 7.98. The van der Waals surface area contributed by atoms with Gasteiger partial charge in [-0.1, -0.05) is 42.5 Å². The van der Waals surface area contributed by atoms with Gasteiger partial charge in [-0.2, -0.15) is 0 Å². The molecule has 0 aliphatic heterocycles. The predicted octanol–water partition coefficient (Wildman–Crippen LogP) is 5.57. The van der Waals surface area contributed by atoms with E-state index in [0.29, 0.717) is 0 Å². The number of hydrogen-bond acceptors (Lipinski definition) is 3. The van der Waals surface area contributed by atoms with Crippen molar-refractivity contribution in [3.63, 3.8) is 0 Å². The van der Waals surface area contributed by atoms with Gasteiger partial charge in [-0.15, -0.1) is 11.8 Å². The highest BCUT2D eigenvalue weighted by Crippen LogP contribution is 2.22. The van der Waals surface area contributed by atoms with E-state index in [1.807, 2.05) is 74.5 Å². The van der Waals surface area contributed by atoms with Gasteiger partial charge in [0.2, 0.25) is 0 Å². The summed E-state index contributed by atoms with van der Waals surface area (Å²) in [5.41, 5.74) is 4.20. The Morgan fingerprint density at radius 3 is 2.67 bits per heavy atom. The largest absolute Gasteiger partial charge is 0.331 e. The molecule has 0 saturated carbocycles. The predicted molar refractivity (Wildman–Crippen MR) is 112 cm³/mol. The van der Waals surface area contributed by atoms with Crippen LogP contribution in [-0.2, 0) is 5.75 Å². The molecule has 0 aliphatic carbocycles. The molecule has 2 aromatic carbocycles. The molecule has 4 nitrogen and oxygen atoms in total. The van der Waals surface area contributed by atoms with Crippen LogP contribution in [0.4, 0.5) is 10.5 Å². The molecule has 27 heavy (non-hydrogen) atoms. The Balaban J connectivity index is 1.57. The number of rotatable bonds is 6. The van der Waals surface area contributed by atoms with Gasteiger partial charge in [-0.3, -0.25) is 0 Å². The third-order valence-electron chi connectivity index (χ3n) is 4.21. The normalized spacial score (nSPS) is 11.6. The highest BCUT2D eigenvalue weighted by atomic mass is 32.2. The SMILES string of the molecule is Cc1ccccc1C(C)NC(=O)Nc1cccc(CSc2ccccn2)c1. The first kappa shape index (κ1) is 19.0. The maximum atomic E-state index is 12.4. The topological polar surface area (TPSA) is 54.0 Å². The maximum Gasteiger partial charge on any atom is 0.319 e. The Morgan fingerprint density at radius 2 is 1.89 bits per heavy atom. The zero-order valence-corrected chi connectivity index (χ0v) is 16.3. The van der Waals surface area contributed by atoms with Gasteiger partial charge in [-0.05, 0) is 54.8 Å². The van der Waals surface area contributed by atoms with E-state index in [9.17, 15) is 4.79 Å². The molecule has 3 aromatic rings. The van der Waals surface area contributed by atoms with Crippen LogP contribution in [-0.4, -0.2) is 11.0 Å². The smallest absolute Gasteiger partial charge is 0.319 e. The molecule has 0 saturated heterocycles. The third kappa shape index (κ3) is 5.59. The van der Waals surface area contributed by atoms with Crippen molar-refractivity contribution in [2.75, 3.05) is 5.32 Å². The van der Waals surface area contributed by atoms with Crippen LogP contribution in [0.1, 0.15) is 29.7 Å². The van der Waals surface area contributed by atoms with Crippen LogP contribution in [0.3, 0.4) is 0 Å². The van der Waals surface area contributed by atoms with Gasteiger partial charge in [0, 0.05) is 17.6 Å². The van der Waals surface area contributed by atoms with Gasteiger partial charge >= 0.3 is 6.03 Å². The zero-order chi connectivity index (χ0) is 19.1. The lowest BCUT2D eigenvalue weighted by Gasteiger charge is -2.17. The van der Waals surface area contributed by atoms with Crippen molar-refractivity contribution in [3.05, 3.63) is 89.6 Å². The average Bonchev–Trinajstić information content (AvgIpc) is 2.67. The fourth-order valence-corrected chi connectivity index (χ4v) is 3.65. The molecule has 1 unspecified atom stereocenters. The number of pyridine rings is 1. The van der Waals surface area contributed by atoms with Crippen LogP contribution in [0.15, 0.2) is 78.0 Å². The molecule has 0 spiro atoms. The van der Waals surface area contributed by atoms with E-state index < -0.39 is 0 Å². The first-order valence-electron chi connectivity index (χ1n) is 8.87. The Morgan fingerprint density at radius 1 is 1.07 bits per heavy atom. The maximum absolute atomic E-state index is 12.4. The minimum Gasteiger partial charge on any atom is -0.331 e. The van der Waals surface area contributed by atoms with Crippen molar-refractivity contribution >= 4 is 23.5 Å². The summed E-state index contributed by atoms with van der Waals surface area (Å²) in [6.45, 7) is 4.04. The Hall–Kier alpha value is -2.79. The first-order chi connectivity index (χ1) is 13.1. The standard InChI is InChI=1S/C22H23N3OS/c1-16-8-3-4-11-20(16)17(2)24-22(26)25-19-10-7-9-18(14-19)15-27-21-12-5-6-13-23-21/h3-14,17H,15H2,1-2H3,(H2,24,25,26). The van der Waals surface area contributed by atoms with E-state index in [1.165, 1.54) is 5.56 Å². The number of nitrogens with one attached hydrogen (secondary N) is 2. The second-order valence-corrected chi connectivity index (χ2v) is 7.33. The summed E-state index contributed by atoms with van der Waals surface area (Å²) >= 11 is 1.67. The summed E-state index contributed by atoms with van der Waals surface area (Å²) in [4.78, 5) is 16.7. The Kier molecular flexibility index (Phi) is 6.49. The lowest BCUT2D eigenvalue weighted by atomic mass is 10.0. The molecule has 3 rings (SSSR count). The molecule has 0 fully saturated rings. The summed E-state index contributed by atoms with van der Waals surface area (Å²) < 4.78 is 0. The fourth-order valence-electron chi connectivity index (χ4n) is 2.84. The number of aromatic nitrogens is 1. The van der Waals surface area contributed by atoms with Gasteiger partial charge in [-0.25, -0.2) is 9.78 Å². The number of nitrogens with zero attached hydrogens (tertiary/aromatic N) is 1. The lowest BCUT2D eigenvalue weighted by Crippen LogP contribution is -2.31. The first-order valence-corrected chi connectivity index (χ1v) is 9.86. The van der Waals surface area contributed by atoms with Gasteiger partial charge in [0.1, 0.15) is 0 Å². The number of amides is 2. The number of benzene rings is 2. The molecule has 2 N–H and O–H groups in total. The monoisotopic (exact) mass is 377 g/mol. The summed E-state index contributed by atoms with van der Waals surface area (Å²) in [6, 6.07) is 21.6. The quantitative estimate of drug-likeness (QED) is 0.553. The van der Waals surface area contributed by atoms with E-state index in [0.717, 1.165) is 27.6 Å². The van der Waals surface area contributed by atoms with E-state index in [1.54, 1.807) is 18.0 Å². The van der Waals surface area contributed by atoms with Gasteiger partial charge in [0.15, 0.2) is 0 Å². The summed E-state index contributed by atoms with van der Waals surface area (Å²) in [5.74, 6) is 0.799. The van der Waals surface area contributed by atoms with Crippen molar-refractivity contribution in [3.8, 4) is 0 Å². The summed E-state index contributed by atoms with van der Waals surface area (Å²) in [6.07, 6.45) is 1.79. The molecule has 5 heteroatoms. The minimum absolute atomic E-state index is 0.0610. The van der Waals surface area contributed by atoms with Gasteiger partial charge in [0.05, 0.1) is 11.1 Å². The van der Waals surface area contributed by atoms with Crippen molar-refractivity contribution in [1.29, 1.82) is 0 Å². The number of carbonyl (C=O) groups excluding carboxylic acids is 1. The molecule has 1 aromatic heterocycles. The van der Waals surface area contributed by atoms with E-state index in [-0.39, 0.29) is 12.1 Å². The molecule has 2 amide bonds. The van der Waals surface area contributed by atoms with E-state index in [4.69, 9.17) is 0 Å². The van der Waals surface area contributed by atoms with Crippen molar-refractivity contribution in [1.82, 2.24) is 10.3 Å². The number of hydrogen-bond donors (Lipinski definition) is 2. The highest BCUT2D eigenvalue weighted by Gasteiger charge is 2.11.